The average Bonchev–Trinajstić information content (AvgIpc) is 3.07. The van der Waals surface area contributed by atoms with E-state index in [9.17, 15) is 9.59 Å². The van der Waals surface area contributed by atoms with E-state index in [2.05, 4.69) is 20.3 Å². The molecule has 2 aromatic heterocycles. The smallest absolute Gasteiger partial charge is 0.273 e. The van der Waals surface area contributed by atoms with Gasteiger partial charge in [-0.05, 0) is 39.2 Å². The summed E-state index contributed by atoms with van der Waals surface area (Å²) < 4.78 is 6.59. The number of rotatable bonds is 5. The lowest BCUT2D eigenvalue weighted by molar-refractivity contribution is 0.0944. The molecule has 1 aliphatic heterocycles. The van der Waals surface area contributed by atoms with Crippen molar-refractivity contribution in [2.75, 3.05) is 18.0 Å². The highest BCUT2D eigenvalue weighted by Crippen LogP contribution is 2.22. The monoisotopic (exact) mass is 359 g/mol. The van der Waals surface area contributed by atoms with Crippen LogP contribution in [-0.4, -0.2) is 39.8 Å². The molecule has 140 valence electrons. The van der Waals surface area contributed by atoms with Crippen molar-refractivity contribution in [1.82, 2.24) is 20.1 Å². The minimum Gasteiger partial charge on any atom is -0.448 e. The summed E-state index contributed by atoms with van der Waals surface area (Å²) in [5, 5.41) is 7.46. The van der Waals surface area contributed by atoms with Crippen molar-refractivity contribution in [3.8, 4) is 0 Å². The van der Waals surface area contributed by atoms with Gasteiger partial charge in [0.2, 0.25) is 0 Å². The Labute approximate surface area is 152 Å². The molecule has 0 bridgehead atoms. The Hall–Kier alpha value is -2.64. The van der Waals surface area contributed by atoms with Gasteiger partial charge in [0.25, 0.3) is 11.5 Å². The van der Waals surface area contributed by atoms with Gasteiger partial charge < -0.3 is 14.6 Å². The molecule has 3 heterocycles. The average molecular weight is 359 g/mol. The molecule has 26 heavy (non-hydrogen) atoms. The number of oxazole rings is 1. The van der Waals surface area contributed by atoms with Crippen molar-refractivity contribution in [1.29, 1.82) is 0 Å². The zero-order valence-corrected chi connectivity index (χ0v) is 15.4. The first kappa shape index (κ1) is 18.2. The summed E-state index contributed by atoms with van der Waals surface area (Å²) in [5.74, 6) is 0.997. The molecule has 0 aliphatic carbocycles. The van der Waals surface area contributed by atoms with E-state index in [0.717, 1.165) is 31.6 Å². The van der Waals surface area contributed by atoms with E-state index in [1.54, 1.807) is 19.1 Å². The first-order valence-corrected chi connectivity index (χ1v) is 9.02. The molecule has 0 radical (unpaired) electrons. The van der Waals surface area contributed by atoms with Crippen LogP contribution in [0.5, 0.6) is 0 Å². The Balaban J connectivity index is 1.73. The van der Waals surface area contributed by atoms with Gasteiger partial charge in [-0.2, -0.15) is 5.10 Å². The molecule has 8 heteroatoms. The third kappa shape index (κ3) is 3.95. The van der Waals surface area contributed by atoms with E-state index in [-0.39, 0.29) is 29.2 Å². The van der Waals surface area contributed by atoms with Crippen LogP contribution >= 0.6 is 0 Å². The van der Waals surface area contributed by atoms with Crippen LogP contribution in [0.4, 0.5) is 5.82 Å². The van der Waals surface area contributed by atoms with Gasteiger partial charge in [0, 0.05) is 32.1 Å². The first-order valence-electron chi connectivity index (χ1n) is 9.02. The number of hydrogen-bond donors (Lipinski definition) is 1. The van der Waals surface area contributed by atoms with Gasteiger partial charge in [0.1, 0.15) is 12.1 Å². The SMILES string of the molecule is Cc1nc(C(=O)NCC2CCCCN2c2ccc(=O)n(C(C)C)n2)co1. The third-order valence-corrected chi connectivity index (χ3v) is 4.57. The van der Waals surface area contributed by atoms with E-state index in [1.165, 1.54) is 10.9 Å². The highest BCUT2D eigenvalue weighted by molar-refractivity contribution is 5.91. The van der Waals surface area contributed by atoms with Crippen molar-refractivity contribution in [2.45, 2.75) is 52.1 Å². The van der Waals surface area contributed by atoms with Crippen LogP contribution in [0.15, 0.2) is 27.6 Å². The van der Waals surface area contributed by atoms with E-state index in [0.29, 0.717) is 12.4 Å². The fourth-order valence-corrected chi connectivity index (χ4v) is 3.22. The zero-order chi connectivity index (χ0) is 18.7. The molecule has 1 unspecified atom stereocenters. The second kappa shape index (κ2) is 7.72. The molecule has 0 aromatic carbocycles. The van der Waals surface area contributed by atoms with E-state index in [4.69, 9.17) is 4.42 Å². The normalized spacial score (nSPS) is 17.5. The summed E-state index contributed by atoms with van der Waals surface area (Å²) >= 11 is 0. The van der Waals surface area contributed by atoms with Crippen LogP contribution in [0.3, 0.4) is 0 Å². The fourth-order valence-electron chi connectivity index (χ4n) is 3.22. The Morgan fingerprint density at radius 2 is 2.19 bits per heavy atom. The molecule has 1 saturated heterocycles. The molecule has 1 amide bonds. The van der Waals surface area contributed by atoms with Crippen LogP contribution in [0.1, 0.15) is 55.5 Å². The summed E-state index contributed by atoms with van der Waals surface area (Å²) in [4.78, 5) is 30.4. The molecule has 0 spiro atoms. The molecular formula is C18H25N5O3. The summed E-state index contributed by atoms with van der Waals surface area (Å²) in [7, 11) is 0. The standard InChI is InChI=1S/C18H25N5O3/c1-12(2)23-17(24)8-7-16(21-23)22-9-5-4-6-14(22)10-19-18(25)15-11-26-13(3)20-15/h7-8,11-12,14H,4-6,9-10H2,1-3H3,(H,19,25). The number of carbonyl (C=O) groups is 1. The van der Waals surface area contributed by atoms with Crippen molar-refractivity contribution in [3.05, 3.63) is 40.3 Å². The predicted molar refractivity (Wildman–Crippen MR) is 97.4 cm³/mol. The Bertz CT molecular complexity index is 826. The van der Waals surface area contributed by atoms with Gasteiger partial charge in [-0.25, -0.2) is 9.67 Å². The number of nitrogens with one attached hydrogen (secondary N) is 1. The number of nitrogens with zero attached hydrogens (tertiary/aromatic N) is 4. The number of amides is 1. The molecule has 1 aliphatic rings. The number of aromatic nitrogens is 3. The largest absolute Gasteiger partial charge is 0.448 e. The Kier molecular flexibility index (Phi) is 5.39. The Morgan fingerprint density at radius 1 is 1.38 bits per heavy atom. The second-order valence-corrected chi connectivity index (χ2v) is 6.87. The lowest BCUT2D eigenvalue weighted by Crippen LogP contribution is -2.47. The quantitative estimate of drug-likeness (QED) is 0.876. The topological polar surface area (TPSA) is 93.3 Å². The van der Waals surface area contributed by atoms with E-state index in [1.807, 2.05) is 13.8 Å². The minimum atomic E-state index is -0.243. The molecule has 1 fully saturated rings. The maximum absolute atomic E-state index is 12.2. The molecule has 3 rings (SSSR count). The lowest BCUT2D eigenvalue weighted by atomic mass is 10.0. The van der Waals surface area contributed by atoms with Gasteiger partial charge in [-0.3, -0.25) is 9.59 Å². The van der Waals surface area contributed by atoms with Gasteiger partial charge in [0.15, 0.2) is 11.6 Å². The highest BCUT2D eigenvalue weighted by atomic mass is 16.3. The fraction of sp³-hybridized carbons (Fsp3) is 0.556. The Morgan fingerprint density at radius 3 is 2.88 bits per heavy atom. The van der Waals surface area contributed by atoms with Gasteiger partial charge in [-0.15, -0.1) is 0 Å². The summed E-state index contributed by atoms with van der Waals surface area (Å²) in [6, 6.07) is 3.46. The van der Waals surface area contributed by atoms with Gasteiger partial charge >= 0.3 is 0 Å². The van der Waals surface area contributed by atoms with Crippen LogP contribution in [0.25, 0.3) is 0 Å². The number of piperidine rings is 1. The maximum Gasteiger partial charge on any atom is 0.273 e. The van der Waals surface area contributed by atoms with Crippen molar-refractivity contribution in [3.63, 3.8) is 0 Å². The zero-order valence-electron chi connectivity index (χ0n) is 15.4. The molecule has 1 N–H and O–H groups in total. The first-order chi connectivity index (χ1) is 12.5. The summed E-state index contributed by atoms with van der Waals surface area (Å²) in [5.41, 5.74) is 0.184. The molecule has 2 aromatic rings. The molecular weight excluding hydrogens is 334 g/mol. The van der Waals surface area contributed by atoms with Crippen LogP contribution < -0.4 is 15.8 Å². The third-order valence-electron chi connectivity index (χ3n) is 4.57. The molecule has 8 nitrogen and oxygen atoms in total. The maximum atomic E-state index is 12.2. The minimum absolute atomic E-state index is 0.000739. The van der Waals surface area contributed by atoms with Crippen LogP contribution in [-0.2, 0) is 0 Å². The van der Waals surface area contributed by atoms with E-state index >= 15 is 0 Å². The lowest BCUT2D eigenvalue weighted by Gasteiger charge is -2.36. The number of aryl methyl sites for hydroxylation is 1. The predicted octanol–water partition coefficient (Wildman–Crippen LogP) is 1.91. The second-order valence-electron chi connectivity index (χ2n) is 6.87. The van der Waals surface area contributed by atoms with Gasteiger partial charge in [0.05, 0.1) is 6.04 Å². The highest BCUT2D eigenvalue weighted by Gasteiger charge is 2.25. The molecule has 1 atom stereocenters. The summed E-state index contributed by atoms with van der Waals surface area (Å²) in [6.45, 7) is 6.92. The molecule has 0 saturated carbocycles. The van der Waals surface area contributed by atoms with Crippen molar-refractivity contribution >= 4 is 11.7 Å². The van der Waals surface area contributed by atoms with E-state index < -0.39 is 0 Å². The van der Waals surface area contributed by atoms with Crippen LogP contribution in [0.2, 0.25) is 0 Å². The number of hydrogen-bond acceptors (Lipinski definition) is 6. The van der Waals surface area contributed by atoms with Crippen LogP contribution in [0, 0.1) is 6.92 Å². The number of anilines is 1. The van der Waals surface area contributed by atoms with Gasteiger partial charge in [-0.1, -0.05) is 0 Å². The van der Waals surface area contributed by atoms with Crippen molar-refractivity contribution < 1.29 is 9.21 Å². The summed E-state index contributed by atoms with van der Waals surface area (Å²) in [6.07, 6.45) is 4.49. The number of carbonyl (C=O) groups excluding carboxylic acids is 1. The van der Waals surface area contributed by atoms with Crippen molar-refractivity contribution in [2.24, 2.45) is 0 Å².